The van der Waals surface area contributed by atoms with Gasteiger partial charge in [0.15, 0.2) is 0 Å². The van der Waals surface area contributed by atoms with Gasteiger partial charge in [-0.15, -0.1) is 13.2 Å². The Bertz CT molecular complexity index is 551. The maximum absolute atomic E-state index is 12.3. The molecule has 1 fully saturated rings. The van der Waals surface area contributed by atoms with Crippen molar-refractivity contribution in [2.45, 2.75) is 44.9 Å². The Morgan fingerprint density at radius 3 is 2.33 bits per heavy atom. The summed E-state index contributed by atoms with van der Waals surface area (Å²) >= 11 is 0. The first kappa shape index (κ1) is 18.3. The quantitative estimate of drug-likeness (QED) is 0.572. The summed E-state index contributed by atoms with van der Waals surface area (Å²) in [5.74, 6) is -2.63. The van der Waals surface area contributed by atoms with Gasteiger partial charge in [-0.2, -0.15) is 0 Å². The Kier molecular flexibility index (Phi) is 6.23. The molecule has 1 aromatic rings. The zero-order valence-corrected chi connectivity index (χ0v) is 13.1. The van der Waals surface area contributed by atoms with E-state index in [1.807, 2.05) is 0 Å². The van der Waals surface area contributed by atoms with Gasteiger partial charge < -0.3 is 9.47 Å². The second kappa shape index (κ2) is 8.17. The Balaban J connectivity index is 1.92. The highest BCUT2D eigenvalue weighted by atomic mass is 19.4. The number of ether oxygens (including phenoxy) is 2. The normalized spacial score (nSPS) is 16.6. The number of esters is 2. The van der Waals surface area contributed by atoms with Crippen molar-refractivity contribution in [3.8, 4) is 5.75 Å². The molecule has 2 rings (SSSR count). The highest BCUT2D eigenvalue weighted by Gasteiger charge is 2.40. The molecule has 1 aliphatic carbocycles. The van der Waals surface area contributed by atoms with Crippen molar-refractivity contribution in [3.63, 3.8) is 0 Å². The highest BCUT2D eigenvalue weighted by molar-refractivity contribution is 5.76. The average molecular weight is 344 g/mol. The number of rotatable bonds is 6. The van der Waals surface area contributed by atoms with Gasteiger partial charge in [-0.1, -0.05) is 31.0 Å². The third kappa shape index (κ3) is 5.86. The minimum atomic E-state index is -5.00. The summed E-state index contributed by atoms with van der Waals surface area (Å²) in [5.41, 5.74) is 0. The predicted octanol–water partition coefficient (Wildman–Crippen LogP) is 4.24. The van der Waals surface area contributed by atoms with Gasteiger partial charge in [0.2, 0.25) is 0 Å². The Morgan fingerprint density at radius 1 is 1.12 bits per heavy atom. The summed E-state index contributed by atoms with van der Waals surface area (Å²) in [5, 5.41) is 0. The monoisotopic (exact) mass is 344 g/mol. The van der Waals surface area contributed by atoms with Crippen LogP contribution in [0.3, 0.4) is 0 Å². The van der Waals surface area contributed by atoms with Crippen LogP contribution in [0.25, 0.3) is 0 Å². The Morgan fingerprint density at radius 2 is 1.75 bits per heavy atom. The molecule has 0 N–H and O–H groups in total. The van der Waals surface area contributed by atoms with Crippen LogP contribution in [0.4, 0.5) is 13.2 Å². The fourth-order valence-corrected chi connectivity index (χ4v) is 3.04. The van der Waals surface area contributed by atoms with E-state index in [4.69, 9.17) is 4.74 Å². The van der Waals surface area contributed by atoms with Gasteiger partial charge >= 0.3 is 18.3 Å². The largest absolute Gasteiger partial charge is 0.575 e. The molecule has 0 aromatic heterocycles. The molecule has 0 saturated heterocycles. The van der Waals surface area contributed by atoms with Crippen molar-refractivity contribution in [3.05, 3.63) is 30.3 Å². The van der Waals surface area contributed by atoms with Crippen LogP contribution < -0.4 is 4.74 Å². The SMILES string of the molecule is O=C(CCC(C(=O)OC(F)(F)F)C1CCCC1)Oc1ccccc1. The van der Waals surface area contributed by atoms with E-state index in [2.05, 4.69) is 4.74 Å². The van der Waals surface area contributed by atoms with Crippen molar-refractivity contribution in [1.29, 1.82) is 0 Å². The lowest BCUT2D eigenvalue weighted by atomic mass is 9.87. The van der Waals surface area contributed by atoms with Crippen molar-refractivity contribution >= 4 is 11.9 Å². The molecule has 7 heteroatoms. The second-order valence-electron chi connectivity index (χ2n) is 5.84. The minimum Gasteiger partial charge on any atom is -0.427 e. The van der Waals surface area contributed by atoms with E-state index >= 15 is 0 Å². The van der Waals surface area contributed by atoms with E-state index in [0.717, 1.165) is 12.8 Å². The summed E-state index contributed by atoms with van der Waals surface area (Å²) in [6.07, 6.45) is -2.06. The zero-order chi connectivity index (χ0) is 17.6. The zero-order valence-electron chi connectivity index (χ0n) is 13.1. The Hall–Kier alpha value is -2.05. The van der Waals surface area contributed by atoms with Gasteiger partial charge in [-0.3, -0.25) is 9.59 Å². The number of carbonyl (C=O) groups excluding carboxylic acids is 2. The maximum Gasteiger partial charge on any atom is 0.575 e. The van der Waals surface area contributed by atoms with Gasteiger partial charge in [0.05, 0.1) is 5.92 Å². The lowest BCUT2D eigenvalue weighted by Gasteiger charge is -2.22. The molecule has 0 bridgehead atoms. The molecule has 0 radical (unpaired) electrons. The minimum absolute atomic E-state index is 0.00868. The number of alkyl halides is 3. The second-order valence-corrected chi connectivity index (χ2v) is 5.84. The summed E-state index contributed by atoms with van der Waals surface area (Å²) in [6.45, 7) is 0. The van der Waals surface area contributed by atoms with Gasteiger partial charge in [0.1, 0.15) is 5.75 Å². The van der Waals surface area contributed by atoms with Crippen LogP contribution in [-0.2, 0) is 14.3 Å². The summed E-state index contributed by atoms with van der Waals surface area (Å²) in [7, 11) is 0. The maximum atomic E-state index is 12.3. The first-order chi connectivity index (χ1) is 11.3. The summed E-state index contributed by atoms with van der Waals surface area (Å²) < 4.78 is 45.6. The van der Waals surface area contributed by atoms with Crippen LogP contribution in [-0.4, -0.2) is 18.3 Å². The molecule has 1 unspecified atom stereocenters. The van der Waals surface area contributed by atoms with Gasteiger partial charge in [0, 0.05) is 6.42 Å². The number of para-hydroxylation sites is 1. The first-order valence-electron chi connectivity index (χ1n) is 7.90. The standard InChI is InChI=1S/C17H19F3O4/c18-17(19,20)24-16(22)14(12-6-4-5-7-12)10-11-15(21)23-13-8-2-1-3-9-13/h1-3,8-9,12,14H,4-7,10-11H2. The summed E-state index contributed by atoms with van der Waals surface area (Å²) in [6, 6.07) is 8.37. The van der Waals surface area contributed by atoms with Crippen LogP contribution in [0.5, 0.6) is 5.75 Å². The molecule has 1 atom stereocenters. The first-order valence-corrected chi connectivity index (χ1v) is 7.90. The lowest BCUT2D eigenvalue weighted by molar-refractivity contribution is -0.308. The van der Waals surface area contributed by atoms with Gasteiger partial charge in [-0.05, 0) is 37.3 Å². The number of hydrogen-bond acceptors (Lipinski definition) is 4. The van der Waals surface area contributed by atoms with E-state index in [-0.39, 0.29) is 18.8 Å². The van der Waals surface area contributed by atoms with Gasteiger partial charge in [-0.25, -0.2) is 0 Å². The number of hydrogen-bond donors (Lipinski definition) is 0. The molecule has 1 saturated carbocycles. The van der Waals surface area contributed by atoms with Crippen LogP contribution in [0.15, 0.2) is 30.3 Å². The summed E-state index contributed by atoms with van der Waals surface area (Å²) in [4.78, 5) is 23.7. The van der Waals surface area contributed by atoms with Crippen molar-refractivity contribution in [1.82, 2.24) is 0 Å². The molecule has 1 aliphatic rings. The number of benzene rings is 1. The third-order valence-electron chi connectivity index (χ3n) is 4.12. The molecule has 0 amide bonds. The number of halogens is 3. The molecule has 0 spiro atoms. The topological polar surface area (TPSA) is 52.6 Å². The molecule has 0 aliphatic heterocycles. The smallest absolute Gasteiger partial charge is 0.427 e. The van der Waals surface area contributed by atoms with Gasteiger partial charge in [0.25, 0.3) is 0 Å². The van der Waals surface area contributed by atoms with Crippen LogP contribution >= 0.6 is 0 Å². The molecular weight excluding hydrogens is 325 g/mol. The fourth-order valence-electron chi connectivity index (χ4n) is 3.04. The van der Waals surface area contributed by atoms with Crippen molar-refractivity contribution < 1.29 is 32.2 Å². The van der Waals surface area contributed by atoms with E-state index < -0.39 is 24.2 Å². The number of carbonyl (C=O) groups is 2. The van der Waals surface area contributed by atoms with Crippen LogP contribution in [0, 0.1) is 11.8 Å². The molecule has 0 heterocycles. The molecule has 24 heavy (non-hydrogen) atoms. The van der Waals surface area contributed by atoms with Crippen LogP contribution in [0.1, 0.15) is 38.5 Å². The molecule has 132 valence electrons. The van der Waals surface area contributed by atoms with Crippen molar-refractivity contribution in [2.24, 2.45) is 11.8 Å². The molecule has 4 nitrogen and oxygen atoms in total. The van der Waals surface area contributed by atoms with Crippen molar-refractivity contribution in [2.75, 3.05) is 0 Å². The van der Waals surface area contributed by atoms with E-state index in [9.17, 15) is 22.8 Å². The highest BCUT2D eigenvalue weighted by Crippen LogP contribution is 2.35. The molecular formula is C17H19F3O4. The predicted molar refractivity (Wildman–Crippen MR) is 78.9 cm³/mol. The molecule has 1 aromatic carbocycles. The lowest BCUT2D eigenvalue weighted by Crippen LogP contribution is -2.30. The Labute approximate surface area is 137 Å². The van der Waals surface area contributed by atoms with E-state index in [1.165, 1.54) is 0 Å². The fraction of sp³-hybridized carbons (Fsp3) is 0.529. The van der Waals surface area contributed by atoms with E-state index in [1.54, 1.807) is 30.3 Å². The van der Waals surface area contributed by atoms with Crippen LogP contribution in [0.2, 0.25) is 0 Å². The average Bonchev–Trinajstić information content (AvgIpc) is 3.00. The third-order valence-corrected chi connectivity index (χ3v) is 4.12. The van der Waals surface area contributed by atoms with E-state index in [0.29, 0.717) is 18.6 Å².